The van der Waals surface area contributed by atoms with E-state index in [1.165, 1.54) is 0 Å². The number of hydrogen-bond donors (Lipinski definition) is 1. The van der Waals surface area contributed by atoms with Crippen LogP contribution in [0.1, 0.15) is 26.7 Å². The molecule has 0 aliphatic heterocycles. The van der Waals surface area contributed by atoms with Crippen molar-refractivity contribution in [2.45, 2.75) is 26.7 Å². The van der Waals surface area contributed by atoms with E-state index in [1.807, 2.05) is 0 Å². The Bertz CT molecular complexity index is 295. The number of rotatable bonds is 5. The lowest BCUT2D eigenvalue weighted by Gasteiger charge is -2.04. The normalized spacial score (nSPS) is 12.7. The van der Waals surface area contributed by atoms with Crippen LogP contribution in [-0.4, -0.2) is 18.5 Å². The summed E-state index contributed by atoms with van der Waals surface area (Å²) in [5.74, 6) is 0.252. The maximum Gasteiger partial charge on any atom is 0.225 e. The number of amidine groups is 1. The number of nitrogens with zero attached hydrogens (tertiary/aromatic N) is 3. The molecule has 1 N–H and O–H groups in total. The van der Waals surface area contributed by atoms with Crippen LogP contribution in [0.2, 0.25) is 0 Å². The van der Waals surface area contributed by atoms with Gasteiger partial charge in [-0.3, -0.25) is 4.79 Å². The Hall–Kier alpha value is -1.35. The van der Waals surface area contributed by atoms with Gasteiger partial charge in [-0.15, -0.1) is 0 Å². The fourth-order valence-electron chi connectivity index (χ4n) is 0.789. The van der Waals surface area contributed by atoms with E-state index in [-0.39, 0.29) is 11.8 Å². The monoisotopic (exact) mass is 226 g/mol. The van der Waals surface area contributed by atoms with Gasteiger partial charge < -0.3 is 5.32 Å². The third kappa shape index (κ3) is 7.70. The van der Waals surface area contributed by atoms with E-state index in [9.17, 15) is 4.79 Å². The van der Waals surface area contributed by atoms with E-state index in [0.29, 0.717) is 18.7 Å². The minimum absolute atomic E-state index is 0.0998. The van der Waals surface area contributed by atoms with E-state index in [4.69, 9.17) is 5.26 Å². The summed E-state index contributed by atoms with van der Waals surface area (Å²) in [6, 6.07) is 2.07. The van der Waals surface area contributed by atoms with Crippen LogP contribution in [-0.2, 0) is 4.79 Å². The minimum atomic E-state index is -0.136. The van der Waals surface area contributed by atoms with Crippen molar-refractivity contribution in [2.75, 3.05) is 0 Å². The van der Waals surface area contributed by atoms with Gasteiger partial charge in [0.15, 0.2) is 0 Å². The van der Waals surface area contributed by atoms with Crippen molar-refractivity contribution in [1.29, 1.82) is 5.26 Å². The molecule has 0 aromatic heterocycles. The molecule has 6 heteroatoms. The summed E-state index contributed by atoms with van der Waals surface area (Å²) in [7, 11) is 0. The first-order chi connectivity index (χ1) is 7.10. The van der Waals surface area contributed by atoms with E-state index in [0.717, 1.165) is 12.1 Å². The smallest absolute Gasteiger partial charge is 0.225 e. The molecule has 0 aromatic carbocycles. The molecule has 1 amide bonds. The predicted molar refractivity (Wildman–Crippen MR) is 62.4 cm³/mol. The first-order valence-corrected chi connectivity index (χ1v) is 5.19. The van der Waals surface area contributed by atoms with Gasteiger partial charge in [0.1, 0.15) is 18.0 Å². The molecule has 0 radical (unpaired) electrons. The fourth-order valence-corrected chi connectivity index (χ4v) is 1.02. The van der Waals surface area contributed by atoms with E-state index >= 15 is 0 Å². The molecule has 0 saturated carbocycles. The van der Waals surface area contributed by atoms with Gasteiger partial charge in [0, 0.05) is 19.1 Å². The van der Waals surface area contributed by atoms with Gasteiger partial charge >= 0.3 is 0 Å². The maximum atomic E-state index is 11.3. The topological polar surface area (TPSA) is 77.6 Å². The SMILES string of the molecule is C=NS/N=C(/C)NC(=O)CCC(C)C#N. The molecule has 1 unspecified atom stereocenters. The second-order valence-corrected chi connectivity index (χ2v) is 3.61. The van der Waals surface area contributed by atoms with Crippen molar-refractivity contribution in [3.8, 4) is 6.07 Å². The zero-order valence-electron chi connectivity index (χ0n) is 8.86. The standard InChI is InChI=1S/C9H14N4OS/c1-7(6-10)4-5-9(14)12-8(2)13-15-11-3/h7H,3-5H2,1-2H3,(H,12,13,14). The highest BCUT2D eigenvalue weighted by molar-refractivity contribution is 7.96. The average molecular weight is 226 g/mol. The first kappa shape index (κ1) is 13.7. The van der Waals surface area contributed by atoms with Crippen molar-refractivity contribution in [1.82, 2.24) is 5.32 Å². The van der Waals surface area contributed by atoms with Crippen LogP contribution < -0.4 is 5.32 Å². The number of hydrogen-bond acceptors (Lipinski definition) is 5. The molecule has 0 aromatic rings. The number of carbonyl (C=O) groups excluding carboxylic acids is 1. The molecule has 1 atom stereocenters. The van der Waals surface area contributed by atoms with Gasteiger partial charge in [-0.05, 0) is 20.3 Å². The Balaban J connectivity index is 3.84. The van der Waals surface area contributed by atoms with Crippen LogP contribution in [0.3, 0.4) is 0 Å². The Morgan fingerprint density at radius 1 is 1.73 bits per heavy atom. The minimum Gasteiger partial charge on any atom is -0.314 e. The molecule has 82 valence electrons. The summed E-state index contributed by atoms with van der Waals surface area (Å²) in [5, 5.41) is 11.1. The van der Waals surface area contributed by atoms with Crippen molar-refractivity contribution >= 4 is 30.6 Å². The van der Waals surface area contributed by atoms with Gasteiger partial charge in [0.25, 0.3) is 0 Å². The van der Waals surface area contributed by atoms with Crippen LogP contribution in [0.15, 0.2) is 8.80 Å². The van der Waals surface area contributed by atoms with Gasteiger partial charge in [-0.25, -0.2) is 4.40 Å². The molecule has 0 fully saturated rings. The van der Waals surface area contributed by atoms with Gasteiger partial charge in [-0.1, -0.05) is 0 Å². The Morgan fingerprint density at radius 3 is 2.93 bits per heavy atom. The van der Waals surface area contributed by atoms with E-state index in [1.54, 1.807) is 13.8 Å². The van der Waals surface area contributed by atoms with Crippen molar-refractivity contribution in [2.24, 2.45) is 14.7 Å². The van der Waals surface area contributed by atoms with Crippen molar-refractivity contribution in [3.05, 3.63) is 0 Å². The second kappa shape index (κ2) is 8.00. The summed E-state index contributed by atoms with van der Waals surface area (Å²) in [6.45, 7) is 6.69. The summed E-state index contributed by atoms with van der Waals surface area (Å²) < 4.78 is 7.29. The highest BCUT2D eigenvalue weighted by atomic mass is 32.2. The Labute approximate surface area is 93.9 Å². The molecule has 0 aliphatic rings. The fraction of sp³-hybridized carbons (Fsp3) is 0.556. The van der Waals surface area contributed by atoms with Gasteiger partial charge in [0.2, 0.25) is 5.91 Å². The number of nitrogens with one attached hydrogen (secondary N) is 1. The average Bonchev–Trinajstić information content (AvgIpc) is 2.22. The van der Waals surface area contributed by atoms with Crippen molar-refractivity contribution < 1.29 is 4.79 Å². The molecule has 0 aliphatic carbocycles. The molecule has 0 spiro atoms. The van der Waals surface area contributed by atoms with Crippen LogP contribution >= 0.6 is 12.1 Å². The molecule has 0 bridgehead atoms. The molecule has 5 nitrogen and oxygen atoms in total. The zero-order chi connectivity index (χ0) is 11.7. The number of amides is 1. The highest BCUT2D eigenvalue weighted by Crippen LogP contribution is 2.04. The quantitative estimate of drug-likeness (QED) is 0.440. The van der Waals surface area contributed by atoms with Crippen LogP contribution in [0.25, 0.3) is 0 Å². The van der Waals surface area contributed by atoms with Crippen LogP contribution in [0.5, 0.6) is 0 Å². The molecular formula is C9H14N4OS. The third-order valence-corrected chi connectivity index (χ3v) is 2.05. The number of carbonyl (C=O) groups is 1. The molecule has 0 saturated heterocycles. The number of nitriles is 1. The Kier molecular flexibility index (Phi) is 7.28. The highest BCUT2D eigenvalue weighted by Gasteiger charge is 2.06. The summed E-state index contributed by atoms with van der Waals surface area (Å²) in [5.41, 5.74) is 0. The van der Waals surface area contributed by atoms with Crippen LogP contribution in [0.4, 0.5) is 0 Å². The van der Waals surface area contributed by atoms with E-state index < -0.39 is 0 Å². The predicted octanol–water partition coefficient (Wildman–Crippen LogP) is 1.72. The molecule has 0 heterocycles. The molecular weight excluding hydrogens is 212 g/mol. The lowest BCUT2D eigenvalue weighted by atomic mass is 10.1. The van der Waals surface area contributed by atoms with Crippen LogP contribution in [0, 0.1) is 17.2 Å². The van der Waals surface area contributed by atoms with E-state index in [2.05, 4.69) is 26.9 Å². The largest absolute Gasteiger partial charge is 0.314 e. The maximum absolute atomic E-state index is 11.3. The first-order valence-electron chi connectivity index (χ1n) is 4.46. The second-order valence-electron chi connectivity index (χ2n) is 3.00. The van der Waals surface area contributed by atoms with Crippen molar-refractivity contribution in [3.63, 3.8) is 0 Å². The van der Waals surface area contributed by atoms with Gasteiger partial charge in [-0.2, -0.15) is 9.66 Å². The zero-order valence-corrected chi connectivity index (χ0v) is 9.67. The Morgan fingerprint density at radius 2 is 2.40 bits per heavy atom. The summed E-state index contributed by atoms with van der Waals surface area (Å²) in [4.78, 5) is 11.3. The summed E-state index contributed by atoms with van der Waals surface area (Å²) >= 11 is 0.922. The summed E-state index contributed by atoms with van der Waals surface area (Å²) in [6.07, 6.45) is 0.885. The lowest BCUT2D eigenvalue weighted by Crippen LogP contribution is -2.28. The molecule has 15 heavy (non-hydrogen) atoms. The third-order valence-electron chi connectivity index (χ3n) is 1.58. The van der Waals surface area contributed by atoms with Gasteiger partial charge in [0.05, 0.1) is 6.07 Å². The molecule has 0 rings (SSSR count). The lowest BCUT2D eigenvalue weighted by molar-refractivity contribution is -0.119.